The number of anilines is 1. The van der Waals surface area contributed by atoms with E-state index in [4.69, 9.17) is 32.7 Å². The third-order valence-electron chi connectivity index (χ3n) is 12.1. The average molecular weight is 1040 g/mol. The number of hydrogen-bond donors (Lipinski definition) is 1. The van der Waals surface area contributed by atoms with Crippen LogP contribution in [0.15, 0.2) is 95.9 Å². The molecule has 2 heterocycles. The van der Waals surface area contributed by atoms with Crippen LogP contribution in [0.1, 0.15) is 90.1 Å². The summed E-state index contributed by atoms with van der Waals surface area (Å²) in [6.07, 6.45) is 19.5. The first-order valence-corrected chi connectivity index (χ1v) is 25.8. The maximum absolute atomic E-state index is 14.2. The molecule has 1 N–H and O–H groups in total. The number of unbranched alkanes of at least 4 members (excludes halogenated alkanes) is 1. The molecule has 2 saturated carbocycles. The Bertz CT molecular complexity index is 2170. The van der Waals surface area contributed by atoms with E-state index in [0.29, 0.717) is 36.4 Å². The second-order valence-corrected chi connectivity index (χ2v) is 19.7. The van der Waals surface area contributed by atoms with E-state index in [9.17, 15) is 10.1 Å². The van der Waals surface area contributed by atoms with Crippen molar-refractivity contribution in [3.05, 3.63) is 182 Å². The van der Waals surface area contributed by atoms with Crippen LogP contribution in [0.2, 0.25) is 0 Å². The van der Waals surface area contributed by atoms with Gasteiger partial charge in [-0.15, -0.1) is 0 Å². The molecule has 1 aromatic heterocycles. The topological polar surface area (TPSA) is 139 Å². The Kier molecular flexibility index (Phi) is 25.0. The normalized spacial score (nSPS) is 19.5. The number of rotatable bonds is 26. The fourth-order valence-electron chi connectivity index (χ4n) is 8.63. The van der Waals surface area contributed by atoms with Gasteiger partial charge in [-0.2, -0.15) is 10.2 Å². The van der Waals surface area contributed by atoms with E-state index in [1.165, 1.54) is 10.5 Å². The first-order chi connectivity index (χ1) is 34.5. The molecule has 0 bridgehead atoms. The molecule has 3 fully saturated rings. The molecule has 2 aliphatic carbocycles. The van der Waals surface area contributed by atoms with Gasteiger partial charge in [0.2, 0.25) is 0 Å². The largest absolute Gasteiger partial charge is 2.00 e. The summed E-state index contributed by atoms with van der Waals surface area (Å²) in [7, 11) is 1.49. The molecule has 72 heavy (non-hydrogen) atoms. The second kappa shape index (κ2) is 30.5. The minimum Gasteiger partial charge on any atom is -0.497 e. The van der Waals surface area contributed by atoms with Crippen LogP contribution in [-0.4, -0.2) is 85.2 Å². The number of hydrogen-bond acceptors (Lipinski definition) is 12. The summed E-state index contributed by atoms with van der Waals surface area (Å²) in [6.45, 7) is 13.8. The monoisotopic (exact) mass is 1040 g/mol. The SMILES string of the molecule is COc1ccc(C(OC[C@H]2O[C@@H](n3ccc(NCC(C)C)nc3=O)[C@H](OP(OCCC#N)N(C(C)C)C(C)C)[C@@H]2OCCCC[C]2[CH][CH][CH][CH]2)(c2ccccc2)c2ccc(OC)cc2)cc1.[CH]1[CH][CH][CH][CH]1.[Fe+2]. The molecule has 1 saturated heterocycles. The smallest absolute Gasteiger partial charge is 0.497 e. The van der Waals surface area contributed by atoms with Crippen molar-refractivity contribution >= 4 is 14.3 Å². The van der Waals surface area contributed by atoms with E-state index in [2.05, 4.69) is 100 Å². The molecule has 7 rings (SSSR count). The molecule has 3 aliphatic rings. The van der Waals surface area contributed by atoms with Gasteiger partial charge in [0.05, 0.1) is 39.9 Å². The summed E-state index contributed by atoms with van der Waals surface area (Å²) in [5, 5.41) is 12.8. The molecule has 10 radical (unpaired) electrons. The van der Waals surface area contributed by atoms with Crippen molar-refractivity contribution < 1.29 is 49.8 Å². The summed E-state index contributed by atoms with van der Waals surface area (Å²) >= 11 is 0. The number of nitrogens with zero attached hydrogens (tertiary/aromatic N) is 4. The Morgan fingerprint density at radius 3 is 1.89 bits per heavy atom. The van der Waals surface area contributed by atoms with Gasteiger partial charge in [0.25, 0.3) is 8.53 Å². The quantitative estimate of drug-likeness (QED) is 0.0277. The summed E-state index contributed by atoms with van der Waals surface area (Å²) in [6, 6.07) is 29.9. The zero-order valence-corrected chi connectivity index (χ0v) is 44.9. The van der Waals surface area contributed by atoms with Crippen LogP contribution in [0, 0.1) is 81.0 Å². The van der Waals surface area contributed by atoms with Crippen molar-refractivity contribution in [3.8, 4) is 17.6 Å². The number of aromatic nitrogens is 2. The van der Waals surface area contributed by atoms with Crippen molar-refractivity contribution in [1.29, 1.82) is 5.26 Å². The minimum absolute atomic E-state index is 0. The van der Waals surface area contributed by atoms with E-state index in [-0.39, 0.29) is 48.8 Å². The predicted molar refractivity (Wildman–Crippen MR) is 280 cm³/mol. The van der Waals surface area contributed by atoms with E-state index < -0.39 is 44.4 Å². The molecule has 3 aromatic carbocycles. The number of methoxy groups -OCH3 is 2. The fourth-order valence-corrected chi connectivity index (χ4v) is 10.4. The van der Waals surface area contributed by atoms with Crippen LogP contribution in [-0.2, 0) is 45.9 Å². The average Bonchev–Trinajstić information content (AvgIpc) is 4.20. The van der Waals surface area contributed by atoms with Crippen molar-refractivity contribution in [2.75, 3.05) is 45.9 Å². The van der Waals surface area contributed by atoms with E-state index in [0.717, 1.165) is 36.0 Å². The number of ether oxygens (including phenoxy) is 5. The molecule has 13 nitrogen and oxygen atoms in total. The molecule has 1 aliphatic heterocycles. The Morgan fingerprint density at radius 1 is 0.778 bits per heavy atom. The van der Waals surface area contributed by atoms with Crippen LogP contribution in [0.4, 0.5) is 5.82 Å². The van der Waals surface area contributed by atoms with E-state index >= 15 is 0 Å². The molecule has 5 atom stereocenters. The van der Waals surface area contributed by atoms with Gasteiger partial charge in [-0.1, -0.05) is 74.9 Å². The van der Waals surface area contributed by atoms with Gasteiger partial charge in [-0.3, -0.25) is 4.57 Å². The molecule has 15 heteroatoms. The first kappa shape index (κ1) is 59.0. The maximum atomic E-state index is 14.2. The molecular weight excluding hydrogens is 969 g/mol. The molecule has 4 aromatic rings. The zero-order chi connectivity index (χ0) is 50.6. The Labute approximate surface area is 442 Å². The number of nitrogens with one attached hydrogen (secondary N) is 1. The van der Waals surface area contributed by atoms with Gasteiger partial charge in [0, 0.05) is 31.4 Å². The third kappa shape index (κ3) is 16.3. The number of nitriles is 1. The molecule has 384 valence electrons. The maximum Gasteiger partial charge on any atom is 2.00 e. The van der Waals surface area contributed by atoms with Crippen molar-refractivity contribution in [3.63, 3.8) is 0 Å². The van der Waals surface area contributed by atoms with Gasteiger partial charge in [0.15, 0.2) is 6.23 Å². The van der Waals surface area contributed by atoms with Crippen molar-refractivity contribution in [2.45, 2.75) is 109 Å². The fraction of sp³-hybridized carbons (Fsp3) is 0.421. The van der Waals surface area contributed by atoms with Crippen LogP contribution in [0.25, 0.3) is 0 Å². The first-order valence-electron chi connectivity index (χ1n) is 24.7. The van der Waals surface area contributed by atoms with Gasteiger partial charge >= 0.3 is 22.8 Å². The van der Waals surface area contributed by atoms with Crippen LogP contribution in [0.3, 0.4) is 0 Å². The molecular formula is C57H72FeN5O8P+2. The molecule has 1 unspecified atom stereocenters. The Hall–Kier alpha value is -3.86. The summed E-state index contributed by atoms with van der Waals surface area (Å²) in [5.74, 6) is 3.51. The summed E-state index contributed by atoms with van der Waals surface area (Å²) in [4.78, 5) is 18.6. The summed E-state index contributed by atoms with van der Waals surface area (Å²) in [5.41, 5.74) is 0.929. The van der Waals surface area contributed by atoms with Crippen molar-refractivity contribution in [1.82, 2.24) is 14.2 Å². The van der Waals surface area contributed by atoms with Gasteiger partial charge in [0.1, 0.15) is 41.2 Å². The van der Waals surface area contributed by atoms with Gasteiger partial charge < -0.3 is 38.0 Å². The van der Waals surface area contributed by atoms with Crippen molar-refractivity contribution in [2.24, 2.45) is 5.92 Å². The van der Waals surface area contributed by atoms with E-state index in [1.54, 1.807) is 26.5 Å². The standard InChI is InChI=1S/C52H67N5O8P.C5H5.Fe/c1-37(2)35-54-47-30-32-56(51(58)55-47)50-49(65-66(63-34-16-31-53)57(38(3)4)39(5)6)48(61-33-15-14-19-40-17-12-13-18-40)46(64-50)36-62-52(41-20-10-9-11-21-41,42-22-26-44(59-7)27-23-42)43-24-28-45(60-8)29-25-43;1-2-4-5-3-1;/h9-13,17-18,20-30,32,37-39,46,48-50H,14-16,19,33-36H2,1-8H3,(H,54,55,58);1-5H;/q;;+2/t46-,48-,49-,50-,66?;;/m1../s1. The Morgan fingerprint density at radius 2 is 1.36 bits per heavy atom. The van der Waals surface area contributed by atoms with Gasteiger partial charge in [-0.05, 0) is 157 Å². The third-order valence-corrected chi connectivity index (χ3v) is 14.2. The van der Waals surface area contributed by atoms with Gasteiger partial charge in [-0.25, -0.2) is 9.46 Å². The predicted octanol–water partition coefficient (Wildman–Crippen LogP) is 10.9. The van der Waals surface area contributed by atoms with Crippen LogP contribution in [0.5, 0.6) is 11.5 Å². The summed E-state index contributed by atoms with van der Waals surface area (Å²) < 4.78 is 50.0. The Balaban J connectivity index is 0.00000151. The van der Waals surface area contributed by atoms with Crippen LogP contribution < -0.4 is 20.5 Å². The second-order valence-electron chi connectivity index (χ2n) is 18.3. The van der Waals surface area contributed by atoms with E-state index in [1.807, 2.05) is 98.8 Å². The molecule has 0 spiro atoms. The zero-order valence-electron chi connectivity index (χ0n) is 42.9. The number of benzene rings is 3. The minimum atomic E-state index is -1.80. The molecule has 0 amide bonds. The van der Waals surface area contributed by atoms with Crippen LogP contribution >= 0.6 is 8.53 Å².